The molecule has 4 nitrogen and oxygen atoms in total. The Labute approximate surface area is 102 Å². The van der Waals surface area contributed by atoms with Crippen LogP contribution in [0.2, 0.25) is 0 Å². The minimum Gasteiger partial charge on any atom is -0.358 e. The summed E-state index contributed by atoms with van der Waals surface area (Å²) >= 11 is 0. The van der Waals surface area contributed by atoms with E-state index in [9.17, 15) is 4.79 Å². The number of rotatable bonds is 2. The molecule has 0 saturated carbocycles. The molecule has 2 rings (SSSR count). The van der Waals surface area contributed by atoms with E-state index in [1.54, 1.807) is 4.90 Å². The first-order valence-corrected chi connectivity index (χ1v) is 5.97. The fraction of sp³-hybridized carbons (Fsp3) is 0.462. The van der Waals surface area contributed by atoms with Crippen molar-refractivity contribution in [1.82, 2.24) is 10.2 Å². The Bertz CT molecular complexity index is 367. The molecule has 0 aromatic heterocycles. The molecule has 0 spiro atoms. The van der Waals surface area contributed by atoms with Crippen molar-refractivity contribution in [2.24, 2.45) is 0 Å². The largest absolute Gasteiger partial charge is 0.358 e. The Morgan fingerprint density at radius 2 is 2.24 bits per heavy atom. The van der Waals surface area contributed by atoms with Gasteiger partial charge in [-0.2, -0.15) is 0 Å². The van der Waals surface area contributed by atoms with E-state index in [1.165, 1.54) is 0 Å². The molecule has 92 valence electrons. The Morgan fingerprint density at radius 1 is 1.47 bits per heavy atom. The molecular weight excluding hydrogens is 216 g/mol. The number of carbonyl (C=O) groups is 1. The monoisotopic (exact) mass is 234 g/mol. The van der Waals surface area contributed by atoms with Gasteiger partial charge in [0, 0.05) is 13.1 Å². The van der Waals surface area contributed by atoms with Gasteiger partial charge in [0.1, 0.15) is 6.23 Å². The minimum atomic E-state index is -0.125. The Hall–Kier alpha value is -1.55. The van der Waals surface area contributed by atoms with Gasteiger partial charge >= 0.3 is 6.03 Å². The number of hydrogen-bond donors (Lipinski definition) is 1. The highest BCUT2D eigenvalue weighted by Crippen LogP contribution is 2.09. The molecule has 0 radical (unpaired) electrons. The van der Waals surface area contributed by atoms with Crippen molar-refractivity contribution in [3.63, 3.8) is 0 Å². The number of nitrogens with zero attached hydrogens (tertiary/aromatic N) is 1. The maximum atomic E-state index is 11.9. The molecule has 1 fully saturated rings. The topological polar surface area (TPSA) is 41.6 Å². The third-order valence-corrected chi connectivity index (χ3v) is 2.89. The summed E-state index contributed by atoms with van der Waals surface area (Å²) < 4.78 is 5.43. The zero-order valence-electron chi connectivity index (χ0n) is 10.1. The maximum Gasteiger partial charge on any atom is 0.319 e. The van der Waals surface area contributed by atoms with Gasteiger partial charge in [0.25, 0.3) is 0 Å². The number of urea groups is 1. The molecule has 0 aliphatic carbocycles. The van der Waals surface area contributed by atoms with E-state index in [2.05, 4.69) is 5.32 Å². The van der Waals surface area contributed by atoms with Gasteiger partial charge in [-0.3, -0.25) is 4.90 Å². The van der Waals surface area contributed by atoms with Gasteiger partial charge in [-0.05, 0) is 18.9 Å². The van der Waals surface area contributed by atoms with Crippen LogP contribution in [0.15, 0.2) is 30.3 Å². The maximum absolute atomic E-state index is 11.9. The summed E-state index contributed by atoms with van der Waals surface area (Å²) in [4.78, 5) is 13.6. The zero-order valence-corrected chi connectivity index (χ0v) is 10.1. The van der Waals surface area contributed by atoms with Gasteiger partial charge in [-0.25, -0.2) is 4.79 Å². The molecule has 1 N–H and O–H groups in total. The molecule has 1 aromatic carbocycles. The number of hydrogen-bond acceptors (Lipinski definition) is 2. The molecule has 1 saturated heterocycles. The van der Waals surface area contributed by atoms with Crippen molar-refractivity contribution in [1.29, 1.82) is 0 Å². The molecule has 1 aromatic rings. The average molecular weight is 234 g/mol. The van der Waals surface area contributed by atoms with Crippen LogP contribution < -0.4 is 5.32 Å². The number of benzene rings is 1. The van der Waals surface area contributed by atoms with Gasteiger partial charge in [0.2, 0.25) is 0 Å². The fourth-order valence-electron chi connectivity index (χ4n) is 1.90. The smallest absolute Gasteiger partial charge is 0.319 e. The van der Waals surface area contributed by atoms with Crippen LogP contribution in [0.25, 0.3) is 0 Å². The first-order valence-electron chi connectivity index (χ1n) is 5.97. The van der Waals surface area contributed by atoms with E-state index in [-0.39, 0.29) is 12.3 Å². The summed E-state index contributed by atoms with van der Waals surface area (Å²) in [6.07, 6.45) is 0.780. The molecule has 0 bridgehead atoms. The van der Waals surface area contributed by atoms with Crippen molar-refractivity contribution < 1.29 is 9.53 Å². The van der Waals surface area contributed by atoms with E-state index < -0.39 is 0 Å². The predicted octanol–water partition coefficient (Wildman–Crippen LogP) is 1.96. The number of amides is 2. The first-order chi connectivity index (χ1) is 8.27. The van der Waals surface area contributed by atoms with Crippen molar-refractivity contribution in [2.75, 3.05) is 13.2 Å². The number of nitrogens with one attached hydrogen (secondary N) is 1. The van der Waals surface area contributed by atoms with E-state index in [0.29, 0.717) is 6.54 Å². The molecule has 1 heterocycles. The van der Waals surface area contributed by atoms with Crippen LogP contribution in [-0.2, 0) is 11.3 Å². The molecule has 1 aliphatic rings. The van der Waals surface area contributed by atoms with Crippen LogP contribution in [0.3, 0.4) is 0 Å². The van der Waals surface area contributed by atoms with Crippen LogP contribution >= 0.6 is 0 Å². The molecule has 2 amide bonds. The first kappa shape index (κ1) is 11.9. The third-order valence-electron chi connectivity index (χ3n) is 2.89. The van der Waals surface area contributed by atoms with Gasteiger partial charge < -0.3 is 10.1 Å². The van der Waals surface area contributed by atoms with E-state index >= 15 is 0 Å². The SMILES string of the molecule is CC1OCCCN1C(=O)NCc1ccccc1. The van der Waals surface area contributed by atoms with Crippen LogP contribution in [0.1, 0.15) is 18.9 Å². The predicted molar refractivity (Wildman–Crippen MR) is 65.4 cm³/mol. The number of carbonyl (C=O) groups excluding carboxylic acids is 1. The highest BCUT2D eigenvalue weighted by atomic mass is 16.5. The highest BCUT2D eigenvalue weighted by Gasteiger charge is 2.23. The Balaban J connectivity index is 1.84. The van der Waals surface area contributed by atoms with Gasteiger partial charge in [-0.15, -0.1) is 0 Å². The number of ether oxygens (including phenoxy) is 1. The summed E-state index contributed by atoms with van der Waals surface area (Å²) in [6.45, 7) is 3.97. The standard InChI is InChI=1S/C13H18N2O2/c1-11-15(8-5-9-17-11)13(16)14-10-12-6-3-2-4-7-12/h2-4,6-7,11H,5,8-10H2,1H3,(H,14,16). The van der Waals surface area contributed by atoms with Crippen LogP contribution in [0.4, 0.5) is 4.79 Å². The summed E-state index contributed by atoms with van der Waals surface area (Å²) in [5, 5.41) is 2.91. The van der Waals surface area contributed by atoms with Crippen molar-refractivity contribution in [3.05, 3.63) is 35.9 Å². The summed E-state index contributed by atoms with van der Waals surface area (Å²) in [6, 6.07) is 9.84. The molecule has 4 heteroatoms. The zero-order chi connectivity index (χ0) is 12.1. The second-order valence-electron chi connectivity index (χ2n) is 4.16. The highest BCUT2D eigenvalue weighted by molar-refractivity contribution is 5.74. The van der Waals surface area contributed by atoms with E-state index in [0.717, 1.165) is 25.1 Å². The Kier molecular flexibility index (Phi) is 3.98. The van der Waals surface area contributed by atoms with Crippen molar-refractivity contribution >= 4 is 6.03 Å². The molecule has 1 unspecified atom stereocenters. The molecule has 1 atom stereocenters. The molecular formula is C13H18N2O2. The second kappa shape index (κ2) is 5.68. The normalized spacial score (nSPS) is 20.1. The molecule has 17 heavy (non-hydrogen) atoms. The fourth-order valence-corrected chi connectivity index (χ4v) is 1.90. The molecule has 1 aliphatic heterocycles. The summed E-state index contributed by atoms with van der Waals surface area (Å²) in [5.41, 5.74) is 1.10. The lowest BCUT2D eigenvalue weighted by Crippen LogP contribution is -2.49. The van der Waals surface area contributed by atoms with Crippen molar-refractivity contribution in [3.8, 4) is 0 Å². The quantitative estimate of drug-likeness (QED) is 0.850. The summed E-state index contributed by atoms with van der Waals surface area (Å²) in [7, 11) is 0. The van der Waals surface area contributed by atoms with Crippen LogP contribution in [-0.4, -0.2) is 30.3 Å². The van der Waals surface area contributed by atoms with Crippen molar-refractivity contribution in [2.45, 2.75) is 26.1 Å². The van der Waals surface area contributed by atoms with Gasteiger partial charge in [0.15, 0.2) is 0 Å². The van der Waals surface area contributed by atoms with Gasteiger partial charge in [0.05, 0.1) is 6.61 Å². The lowest BCUT2D eigenvalue weighted by molar-refractivity contribution is -0.0599. The average Bonchev–Trinajstić information content (AvgIpc) is 2.38. The lowest BCUT2D eigenvalue weighted by atomic mass is 10.2. The minimum absolute atomic E-state index is 0.0546. The van der Waals surface area contributed by atoms with E-state index in [4.69, 9.17) is 4.74 Å². The second-order valence-corrected chi connectivity index (χ2v) is 4.16. The lowest BCUT2D eigenvalue weighted by Gasteiger charge is -2.33. The summed E-state index contributed by atoms with van der Waals surface area (Å²) in [5.74, 6) is 0. The van der Waals surface area contributed by atoms with Gasteiger partial charge in [-0.1, -0.05) is 30.3 Å². The van der Waals surface area contributed by atoms with Crippen LogP contribution in [0.5, 0.6) is 0 Å². The third kappa shape index (κ3) is 3.20. The van der Waals surface area contributed by atoms with E-state index in [1.807, 2.05) is 37.3 Å². The Morgan fingerprint density at radius 3 is 2.94 bits per heavy atom. The van der Waals surface area contributed by atoms with Crippen LogP contribution in [0, 0.1) is 0 Å².